The molecule has 1 rings (SSSR count). The van der Waals surface area contributed by atoms with Gasteiger partial charge in [0.25, 0.3) is 0 Å². The van der Waals surface area contributed by atoms with Crippen LogP contribution in [0.5, 0.6) is 0 Å². The van der Waals surface area contributed by atoms with Gasteiger partial charge in [0, 0.05) is 25.4 Å². The van der Waals surface area contributed by atoms with Crippen LogP contribution in [0.2, 0.25) is 0 Å². The summed E-state index contributed by atoms with van der Waals surface area (Å²) in [6.45, 7) is 2.93. The van der Waals surface area contributed by atoms with E-state index in [0.29, 0.717) is 13.0 Å². The maximum Gasteiger partial charge on any atom is 0.220 e. The Kier molecular flexibility index (Phi) is 8.69. The summed E-state index contributed by atoms with van der Waals surface area (Å²) in [5, 5.41) is 2.97. The van der Waals surface area contributed by atoms with Gasteiger partial charge >= 0.3 is 0 Å². The van der Waals surface area contributed by atoms with Crippen molar-refractivity contribution in [2.45, 2.75) is 58.3 Å². The molecule has 1 aromatic heterocycles. The van der Waals surface area contributed by atoms with Crippen molar-refractivity contribution >= 4 is 5.91 Å². The largest absolute Gasteiger partial charge is 0.356 e. The van der Waals surface area contributed by atoms with Crippen molar-refractivity contribution in [2.24, 2.45) is 0 Å². The number of carbonyl (C=O) groups excluding carboxylic acids is 1. The monoisotopic (exact) mass is 262 g/mol. The Morgan fingerprint density at radius 3 is 2.74 bits per heavy atom. The third-order valence-electron chi connectivity index (χ3n) is 3.22. The second-order valence-corrected chi connectivity index (χ2v) is 4.98. The van der Waals surface area contributed by atoms with Gasteiger partial charge in [-0.05, 0) is 24.5 Å². The number of pyridine rings is 1. The molecule has 1 amide bonds. The Morgan fingerprint density at radius 2 is 2.00 bits per heavy atom. The van der Waals surface area contributed by atoms with Crippen LogP contribution in [-0.4, -0.2) is 17.4 Å². The SMILES string of the molecule is CCCCCCCCC(=O)NCCc1cccnc1. The number of hydrogen-bond donors (Lipinski definition) is 1. The molecule has 0 aliphatic heterocycles. The maximum atomic E-state index is 11.6. The third-order valence-corrected chi connectivity index (χ3v) is 3.22. The molecular weight excluding hydrogens is 236 g/mol. The fourth-order valence-corrected chi connectivity index (χ4v) is 2.05. The fourth-order valence-electron chi connectivity index (χ4n) is 2.05. The van der Waals surface area contributed by atoms with E-state index in [0.717, 1.165) is 12.8 Å². The van der Waals surface area contributed by atoms with E-state index >= 15 is 0 Å². The molecule has 0 aliphatic carbocycles. The first-order valence-electron chi connectivity index (χ1n) is 7.48. The lowest BCUT2D eigenvalue weighted by Gasteiger charge is -2.05. The van der Waals surface area contributed by atoms with Crippen molar-refractivity contribution in [2.75, 3.05) is 6.54 Å². The topological polar surface area (TPSA) is 42.0 Å². The first-order chi connectivity index (χ1) is 9.33. The predicted molar refractivity (Wildman–Crippen MR) is 78.9 cm³/mol. The van der Waals surface area contributed by atoms with Gasteiger partial charge in [0.05, 0.1) is 0 Å². The van der Waals surface area contributed by atoms with Gasteiger partial charge in [-0.1, -0.05) is 45.1 Å². The van der Waals surface area contributed by atoms with Crippen LogP contribution < -0.4 is 5.32 Å². The number of unbranched alkanes of at least 4 members (excludes halogenated alkanes) is 5. The predicted octanol–water partition coefficient (Wildman–Crippen LogP) is 3.49. The highest BCUT2D eigenvalue weighted by Gasteiger charge is 2.00. The Labute approximate surface area is 116 Å². The van der Waals surface area contributed by atoms with Gasteiger partial charge in [-0.25, -0.2) is 0 Å². The molecule has 0 radical (unpaired) electrons. The molecule has 0 fully saturated rings. The second kappa shape index (κ2) is 10.5. The maximum absolute atomic E-state index is 11.6. The summed E-state index contributed by atoms with van der Waals surface area (Å²) in [5.74, 6) is 0.180. The van der Waals surface area contributed by atoms with Crippen LogP contribution in [0.3, 0.4) is 0 Å². The molecule has 1 N–H and O–H groups in total. The summed E-state index contributed by atoms with van der Waals surface area (Å²) in [6.07, 6.45) is 12.5. The molecule has 0 aromatic carbocycles. The number of aromatic nitrogens is 1. The highest BCUT2D eigenvalue weighted by Crippen LogP contribution is 2.06. The van der Waals surface area contributed by atoms with Crippen molar-refractivity contribution in [3.8, 4) is 0 Å². The minimum absolute atomic E-state index is 0.180. The summed E-state index contributed by atoms with van der Waals surface area (Å²) in [6, 6.07) is 3.96. The average molecular weight is 262 g/mol. The normalized spacial score (nSPS) is 10.4. The summed E-state index contributed by atoms with van der Waals surface area (Å²) < 4.78 is 0. The van der Waals surface area contributed by atoms with Gasteiger partial charge in [-0.15, -0.1) is 0 Å². The third kappa shape index (κ3) is 8.36. The molecular formula is C16H26N2O. The quantitative estimate of drug-likeness (QED) is 0.656. The first-order valence-corrected chi connectivity index (χ1v) is 7.48. The van der Waals surface area contributed by atoms with E-state index in [2.05, 4.69) is 17.2 Å². The van der Waals surface area contributed by atoms with E-state index in [4.69, 9.17) is 0 Å². The first kappa shape index (κ1) is 15.7. The standard InChI is InChI=1S/C16H26N2O/c1-2-3-4-5-6-7-10-16(19)18-13-11-15-9-8-12-17-14-15/h8-9,12,14H,2-7,10-11,13H2,1H3,(H,18,19). The Bertz CT molecular complexity index is 338. The van der Waals surface area contributed by atoms with Gasteiger partial charge in [0.15, 0.2) is 0 Å². The van der Waals surface area contributed by atoms with E-state index in [1.807, 2.05) is 18.3 Å². The van der Waals surface area contributed by atoms with Crippen LogP contribution in [-0.2, 0) is 11.2 Å². The lowest BCUT2D eigenvalue weighted by Crippen LogP contribution is -2.25. The highest BCUT2D eigenvalue weighted by atomic mass is 16.1. The molecule has 0 spiro atoms. The van der Waals surface area contributed by atoms with Crippen LogP contribution in [0.15, 0.2) is 24.5 Å². The molecule has 1 heterocycles. The molecule has 19 heavy (non-hydrogen) atoms. The van der Waals surface area contributed by atoms with Crippen molar-refractivity contribution < 1.29 is 4.79 Å². The Morgan fingerprint density at radius 1 is 1.21 bits per heavy atom. The minimum Gasteiger partial charge on any atom is -0.356 e. The van der Waals surface area contributed by atoms with Crippen LogP contribution in [0.25, 0.3) is 0 Å². The number of carbonyl (C=O) groups is 1. The van der Waals surface area contributed by atoms with Crippen molar-refractivity contribution in [3.63, 3.8) is 0 Å². The molecule has 0 bridgehead atoms. The van der Waals surface area contributed by atoms with Gasteiger partial charge in [0.2, 0.25) is 5.91 Å². The van der Waals surface area contributed by atoms with Gasteiger partial charge < -0.3 is 5.32 Å². The number of nitrogens with zero attached hydrogens (tertiary/aromatic N) is 1. The lowest BCUT2D eigenvalue weighted by atomic mass is 10.1. The summed E-state index contributed by atoms with van der Waals surface area (Å²) in [4.78, 5) is 15.7. The van der Waals surface area contributed by atoms with Crippen molar-refractivity contribution in [1.82, 2.24) is 10.3 Å². The van der Waals surface area contributed by atoms with Gasteiger partial charge in [-0.2, -0.15) is 0 Å². The van der Waals surface area contributed by atoms with E-state index in [-0.39, 0.29) is 5.91 Å². The van der Waals surface area contributed by atoms with Gasteiger partial charge in [-0.3, -0.25) is 9.78 Å². The molecule has 0 unspecified atom stereocenters. The number of rotatable bonds is 10. The van der Waals surface area contributed by atoms with Crippen molar-refractivity contribution in [3.05, 3.63) is 30.1 Å². The molecule has 106 valence electrons. The molecule has 1 aromatic rings. The molecule has 0 aliphatic rings. The van der Waals surface area contributed by atoms with Crippen LogP contribution in [0, 0.1) is 0 Å². The second-order valence-electron chi connectivity index (χ2n) is 4.98. The van der Waals surface area contributed by atoms with Crippen LogP contribution in [0.4, 0.5) is 0 Å². The van der Waals surface area contributed by atoms with Gasteiger partial charge in [0.1, 0.15) is 0 Å². The van der Waals surface area contributed by atoms with E-state index in [9.17, 15) is 4.79 Å². The summed E-state index contributed by atoms with van der Waals surface area (Å²) in [5.41, 5.74) is 1.17. The summed E-state index contributed by atoms with van der Waals surface area (Å²) >= 11 is 0. The molecule has 0 saturated carbocycles. The number of hydrogen-bond acceptors (Lipinski definition) is 2. The van der Waals surface area contributed by atoms with E-state index in [1.54, 1.807) is 6.20 Å². The lowest BCUT2D eigenvalue weighted by molar-refractivity contribution is -0.121. The summed E-state index contributed by atoms with van der Waals surface area (Å²) in [7, 11) is 0. The number of amides is 1. The number of nitrogens with one attached hydrogen (secondary N) is 1. The van der Waals surface area contributed by atoms with E-state index in [1.165, 1.54) is 37.7 Å². The molecule has 3 nitrogen and oxygen atoms in total. The molecule has 3 heteroatoms. The van der Waals surface area contributed by atoms with Crippen LogP contribution >= 0.6 is 0 Å². The minimum atomic E-state index is 0.180. The molecule has 0 saturated heterocycles. The van der Waals surface area contributed by atoms with E-state index < -0.39 is 0 Å². The Hall–Kier alpha value is -1.38. The van der Waals surface area contributed by atoms with Crippen molar-refractivity contribution in [1.29, 1.82) is 0 Å². The fraction of sp³-hybridized carbons (Fsp3) is 0.625. The highest BCUT2D eigenvalue weighted by molar-refractivity contribution is 5.75. The zero-order valence-corrected chi connectivity index (χ0v) is 12.0. The molecule has 0 atom stereocenters. The smallest absolute Gasteiger partial charge is 0.220 e. The van der Waals surface area contributed by atoms with Crippen LogP contribution in [0.1, 0.15) is 57.4 Å². The average Bonchev–Trinajstić information content (AvgIpc) is 2.44. The Balaban J connectivity index is 1.96. The zero-order chi connectivity index (χ0) is 13.8. The zero-order valence-electron chi connectivity index (χ0n) is 12.0.